The van der Waals surface area contributed by atoms with E-state index in [-0.39, 0.29) is 13.2 Å². The van der Waals surface area contributed by atoms with Crippen LogP contribution in [0.3, 0.4) is 0 Å². The zero-order valence-electron chi connectivity index (χ0n) is 22.3. The van der Waals surface area contributed by atoms with Crippen LogP contribution < -0.4 is 10.1 Å². The zero-order chi connectivity index (χ0) is 26.9. The molecule has 0 bridgehead atoms. The lowest BCUT2D eigenvalue weighted by molar-refractivity contribution is -0.124. The van der Waals surface area contributed by atoms with Crippen LogP contribution in [0.4, 0.5) is 0 Å². The van der Waals surface area contributed by atoms with Gasteiger partial charge in [-0.05, 0) is 75.2 Å². The summed E-state index contributed by atoms with van der Waals surface area (Å²) in [6.45, 7) is 9.66. The van der Waals surface area contributed by atoms with Crippen LogP contribution in [0.2, 0.25) is 0 Å². The van der Waals surface area contributed by atoms with Gasteiger partial charge in [0.1, 0.15) is 25.1 Å². The van der Waals surface area contributed by atoms with Crippen LogP contribution in [0.15, 0.2) is 22.7 Å². The van der Waals surface area contributed by atoms with Gasteiger partial charge in [0, 0.05) is 23.5 Å². The number of benzene rings is 1. The normalized spacial score (nSPS) is 12.2. The maximum absolute atomic E-state index is 11.2. The molecule has 10 heteroatoms. The Kier molecular flexibility index (Phi) is 10.6. The Morgan fingerprint density at radius 3 is 2.73 bits per heavy atom. The molecular formula is C27H38N4O5S. The molecule has 2 heterocycles. The molecule has 0 saturated carbocycles. The van der Waals surface area contributed by atoms with Gasteiger partial charge in [-0.2, -0.15) is 4.98 Å². The molecule has 0 aliphatic rings. The number of thiophene rings is 1. The minimum absolute atomic E-state index is 0.00253. The summed E-state index contributed by atoms with van der Waals surface area (Å²) in [5.74, 6) is 1.17. The Hall–Kier alpha value is -2.79. The molecule has 0 spiro atoms. The van der Waals surface area contributed by atoms with E-state index >= 15 is 0 Å². The molecule has 1 atom stereocenters. The first-order valence-corrected chi connectivity index (χ1v) is 13.5. The van der Waals surface area contributed by atoms with Crippen LogP contribution >= 0.6 is 11.3 Å². The molecule has 0 fully saturated rings. The standard InChI is InChI=1S/C27H38N4O5S/c1-6-8-9-31(5)14-23-17(3)11-22(37-23)27-29-26(30-36-27)20-10-18(4)25(19(7-2)12-20)35-16-21(33)13-28-24(34)15-32/h10-12,21,32-33H,6-9,13-16H2,1-5H3,(H,28,34)/t21-/m0/s1. The van der Waals surface area contributed by atoms with E-state index < -0.39 is 18.6 Å². The van der Waals surface area contributed by atoms with Crippen molar-refractivity contribution in [1.29, 1.82) is 0 Å². The number of hydrogen-bond donors (Lipinski definition) is 3. The fourth-order valence-electron chi connectivity index (χ4n) is 3.95. The number of aryl methyl sites for hydroxylation is 3. The number of aliphatic hydroxyl groups is 2. The number of carbonyl (C=O) groups is 1. The molecule has 0 unspecified atom stereocenters. The summed E-state index contributed by atoms with van der Waals surface area (Å²) in [7, 11) is 2.15. The summed E-state index contributed by atoms with van der Waals surface area (Å²) >= 11 is 1.69. The molecule has 0 radical (unpaired) electrons. The van der Waals surface area contributed by atoms with Crippen LogP contribution in [0.1, 0.15) is 48.3 Å². The lowest BCUT2D eigenvalue weighted by atomic mass is 10.0. The van der Waals surface area contributed by atoms with E-state index in [0.29, 0.717) is 23.9 Å². The quantitative estimate of drug-likeness (QED) is 0.288. The Labute approximate surface area is 222 Å². The van der Waals surface area contributed by atoms with Crippen molar-refractivity contribution in [2.45, 2.75) is 59.6 Å². The predicted octanol–water partition coefficient (Wildman–Crippen LogP) is 3.72. The largest absolute Gasteiger partial charge is 0.490 e. The summed E-state index contributed by atoms with van der Waals surface area (Å²) < 4.78 is 11.5. The zero-order valence-corrected chi connectivity index (χ0v) is 23.2. The van der Waals surface area contributed by atoms with E-state index in [1.165, 1.54) is 23.3 Å². The van der Waals surface area contributed by atoms with Crippen molar-refractivity contribution in [3.63, 3.8) is 0 Å². The van der Waals surface area contributed by atoms with Gasteiger partial charge < -0.3 is 29.7 Å². The average Bonchev–Trinajstić information content (AvgIpc) is 3.52. The SMILES string of the molecule is CCCCN(C)Cc1sc(-c2nc(-c3cc(C)c(OC[C@@H](O)CNC(=O)CO)c(CC)c3)no2)cc1C. The molecule has 3 rings (SSSR count). The Morgan fingerprint density at radius 1 is 1.24 bits per heavy atom. The molecule has 3 aromatic rings. The van der Waals surface area contributed by atoms with Crippen LogP contribution in [-0.4, -0.2) is 70.6 Å². The molecule has 37 heavy (non-hydrogen) atoms. The molecule has 0 saturated heterocycles. The van der Waals surface area contributed by atoms with Gasteiger partial charge in [-0.15, -0.1) is 11.3 Å². The van der Waals surface area contributed by atoms with Crippen molar-refractivity contribution < 1.29 is 24.3 Å². The van der Waals surface area contributed by atoms with Crippen LogP contribution in [0, 0.1) is 13.8 Å². The first-order valence-electron chi connectivity index (χ1n) is 12.7. The van der Waals surface area contributed by atoms with E-state index in [0.717, 1.165) is 34.7 Å². The lowest BCUT2D eigenvalue weighted by Crippen LogP contribution is -2.36. The Balaban J connectivity index is 1.72. The van der Waals surface area contributed by atoms with E-state index in [9.17, 15) is 9.90 Å². The van der Waals surface area contributed by atoms with Crippen molar-refractivity contribution >= 4 is 17.2 Å². The summed E-state index contributed by atoms with van der Waals surface area (Å²) in [4.78, 5) is 20.5. The van der Waals surface area contributed by atoms with E-state index in [2.05, 4.69) is 47.3 Å². The van der Waals surface area contributed by atoms with Crippen LogP contribution in [0.25, 0.3) is 22.2 Å². The van der Waals surface area contributed by atoms with E-state index in [1.807, 2.05) is 26.0 Å². The number of amides is 1. The number of nitrogens with one attached hydrogen (secondary N) is 1. The molecule has 2 aromatic heterocycles. The second-order valence-corrected chi connectivity index (χ2v) is 10.4. The summed E-state index contributed by atoms with van der Waals surface area (Å²) in [5.41, 5.74) is 3.90. The molecule has 9 nitrogen and oxygen atoms in total. The van der Waals surface area contributed by atoms with Crippen molar-refractivity contribution in [3.05, 3.63) is 39.8 Å². The van der Waals surface area contributed by atoms with Crippen molar-refractivity contribution in [2.75, 3.05) is 33.4 Å². The molecule has 0 aliphatic carbocycles. The third-order valence-corrected chi connectivity index (χ3v) is 7.26. The maximum atomic E-state index is 11.2. The third kappa shape index (κ3) is 7.85. The summed E-state index contributed by atoms with van der Waals surface area (Å²) in [5, 5.41) is 25.6. The lowest BCUT2D eigenvalue weighted by Gasteiger charge is -2.17. The number of unbranched alkanes of at least 4 members (excludes halogenated alkanes) is 1. The first-order chi connectivity index (χ1) is 17.7. The number of carbonyl (C=O) groups excluding carboxylic acids is 1. The molecule has 0 aliphatic heterocycles. The number of aromatic nitrogens is 2. The Morgan fingerprint density at radius 2 is 2.03 bits per heavy atom. The highest BCUT2D eigenvalue weighted by Crippen LogP contribution is 2.34. The van der Waals surface area contributed by atoms with E-state index in [1.54, 1.807) is 11.3 Å². The van der Waals surface area contributed by atoms with Crippen molar-refractivity contribution in [1.82, 2.24) is 20.4 Å². The summed E-state index contributed by atoms with van der Waals surface area (Å²) in [6, 6.07) is 6.03. The molecule has 3 N–H and O–H groups in total. The second kappa shape index (κ2) is 13.7. The average molecular weight is 531 g/mol. The van der Waals surface area contributed by atoms with Crippen molar-refractivity contribution in [2.24, 2.45) is 0 Å². The number of ether oxygens (including phenoxy) is 1. The minimum atomic E-state index is -0.898. The maximum Gasteiger partial charge on any atom is 0.268 e. The highest BCUT2D eigenvalue weighted by molar-refractivity contribution is 7.15. The Bertz CT molecular complexity index is 1180. The number of rotatable bonds is 14. The fourth-order valence-corrected chi connectivity index (χ4v) is 5.12. The van der Waals surface area contributed by atoms with Gasteiger partial charge in [0.25, 0.3) is 5.89 Å². The fraction of sp³-hybridized carbons (Fsp3) is 0.519. The highest BCUT2D eigenvalue weighted by Gasteiger charge is 2.18. The third-order valence-electron chi connectivity index (χ3n) is 6.05. The van der Waals surface area contributed by atoms with Gasteiger partial charge >= 0.3 is 0 Å². The molecular weight excluding hydrogens is 492 g/mol. The van der Waals surface area contributed by atoms with Crippen LogP contribution in [-0.2, 0) is 17.8 Å². The predicted molar refractivity (Wildman–Crippen MR) is 145 cm³/mol. The molecule has 1 aromatic carbocycles. The number of nitrogens with zero attached hydrogens (tertiary/aromatic N) is 3. The minimum Gasteiger partial charge on any atom is -0.490 e. The molecule has 202 valence electrons. The summed E-state index contributed by atoms with van der Waals surface area (Å²) in [6.07, 6.45) is 2.19. The monoisotopic (exact) mass is 530 g/mol. The molecule has 1 amide bonds. The van der Waals surface area contributed by atoms with Gasteiger partial charge in [-0.25, -0.2) is 0 Å². The highest BCUT2D eigenvalue weighted by atomic mass is 32.1. The van der Waals surface area contributed by atoms with Gasteiger partial charge in [0.05, 0.1) is 4.88 Å². The second-order valence-electron chi connectivity index (χ2n) is 9.29. The topological polar surface area (TPSA) is 121 Å². The van der Waals surface area contributed by atoms with E-state index in [4.69, 9.17) is 14.4 Å². The van der Waals surface area contributed by atoms with Crippen LogP contribution in [0.5, 0.6) is 5.75 Å². The first kappa shape index (κ1) is 28.8. The van der Waals surface area contributed by atoms with Gasteiger partial charge in [-0.1, -0.05) is 25.4 Å². The van der Waals surface area contributed by atoms with Gasteiger partial charge in [0.15, 0.2) is 0 Å². The van der Waals surface area contributed by atoms with Gasteiger partial charge in [-0.3, -0.25) is 4.79 Å². The number of aliphatic hydroxyl groups excluding tert-OH is 2. The van der Waals surface area contributed by atoms with Crippen molar-refractivity contribution in [3.8, 4) is 27.9 Å². The number of hydrogen-bond acceptors (Lipinski definition) is 9. The smallest absolute Gasteiger partial charge is 0.268 e. The van der Waals surface area contributed by atoms with Gasteiger partial charge in [0.2, 0.25) is 11.7 Å².